The molecule has 0 radical (unpaired) electrons. The van der Waals surface area contributed by atoms with Gasteiger partial charge in [-0.15, -0.1) is 0 Å². The number of rotatable bonds is 4. The van der Waals surface area contributed by atoms with Crippen LogP contribution in [0.2, 0.25) is 5.02 Å². The maximum Gasteiger partial charge on any atom is 0.0936 e. The van der Waals surface area contributed by atoms with Gasteiger partial charge >= 0.3 is 0 Å². The first-order valence-electron chi connectivity index (χ1n) is 6.19. The van der Waals surface area contributed by atoms with E-state index in [-0.39, 0.29) is 12.2 Å². The summed E-state index contributed by atoms with van der Waals surface area (Å²) in [6.45, 7) is 6.72. The molecule has 1 aromatic heterocycles. The highest BCUT2D eigenvalue weighted by Gasteiger charge is 2.19. The molecule has 1 saturated heterocycles. The van der Waals surface area contributed by atoms with Gasteiger partial charge in [0.2, 0.25) is 0 Å². The first-order chi connectivity index (χ1) is 8.58. The zero-order valence-corrected chi connectivity index (χ0v) is 11.8. The van der Waals surface area contributed by atoms with E-state index in [9.17, 15) is 0 Å². The Hall–Kier alpha value is -0.620. The van der Waals surface area contributed by atoms with Gasteiger partial charge in [0.15, 0.2) is 0 Å². The monoisotopic (exact) mass is 273 g/mol. The van der Waals surface area contributed by atoms with Crippen LogP contribution >= 0.6 is 11.6 Å². The standard InChI is InChI=1S/C12H20ClN3O2/c1-8-4-14-5-10(18-8)6-17-7-11-12(13)9(2)15-16(11)3/h8,10,14H,4-7H2,1-3H3. The van der Waals surface area contributed by atoms with Crippen molar-refractivity contribution in [3.8, 4) is 0 Å². The van der Waals surface area contributed by atoms with Crippen LogP contribution in [0.5, 0.6) is 0 Å². The van der Waals surface area contributed by atoms with E-state index in [2.05, 4.69) is 17.3 Å². The molecule has 6 heteroatoms. The van der Waals surface area contributed by atoms with E-state index in [1.165, 1.54) is 0 Å². The van der Waals surface area contributed by atoms with E-state index < -0.39 is 0 Å². The Morgan fingerprint density at radius 1 is 1.56 bits per heavy atom. The van der Waals surface area contributed by atoms with Gasteiger partial charge in [-0.25, -0.2) is 0 Å². The zero-order chi connectivity index (χ0) is 13.1. The molecule has 0 saturated carbocycles. The molecule has 1 N–H and O–H groups in total. The predicted octanol–water partition coefficient (Wildman–Crippen LogP) is 1.28. The third-order valence-corrected chi connectivity index (χ3v) is 3.52. The van der Waals surface area contributed by atoms with Gasteiger partial charge in [-0.1, -0.05) is 11.6 Å². The minimum absolute atomic E-state index is 0.113. The number of hydrogen-bond acceptors (Lipinski definition) is 4. The van der Waals surface area contributed by atoms with Crippen molar-refractivity contribution in [2.75, 3.05) is 19.7 Å². The molecule has 0 aromatic carbocycles. The number of aryl methyl sites for hydroxylation is 2. The van der Waals surface area contributed by atoms with Crippen molar-refractivity contribution >= 4 is 11.6 Å². The molecular weight excluding hydrogens is 254 g/mol. The Kier molecular flexibility index (Phi) is 4.61. The molecule has 0 amide bonds. The first-order valence-corrected chi connectivity index (χ1v) is 6.57. The normalized spacial score (nSPS) is 24.4. The zero-order valence-electron chi connectivity index (χ0n) is 11.1. The summed E-state index contributed by atoms with van der Waals surface area (Å²) >= 11 is 6.15. The van der Waals surface area contributed by atoms with E-state index in [1.807, 2.05) is 14.0 Å². The minimum Gasteiger partial charge on any atom is -0.372 e. The SMILES string of the molecule is Cc1nn(C)c(COCC2CNCC(C)O2)c1Cl. The molecular formula is C12H20ClN3O2. The molecule has 2 atom stereocenters. The van der Waals surface area contributed by atoms with Crippen molar-refractivity contribution in [1.29, 1.82) is 0 Å². The highest BCUT2D eigenvalue weighted by molar-refractivity contribution is 6.31. The fourth-order valence-electron chi connectivity index (χ4n) is 2.09. The number of aromatic nitrogens is 2. The average molecular weight is 274 g/mol. The molecule has 2 unspecified atom stereocenters. The lowest BCUT2D eigenvalue weighted by Crippen LogP contribution is -2.45. The van der Waals surface area contributed by atoms with Gasteiger partial charge in [0, 0.05) is 20.1 Å². The van der Waals surface area contributed by atoms with Crippen LogP contribution in [0.4, 0.5) is 0 Å². The second kappa shape index (κ2) is 6.02. The van der Waals surface area contributed by atoms with E-state index >= 15 is 0 Å². The van der Waals surface area contributed by atoms with Crippen LogP contribution in [-0.2, 0) is 23.1 Å². The summed E-state index contributed by atoms with van der Waals surface area (Å²) in [6, 6.07) is 0. The van der Waals surface area contributed by atoms with Gasteiger partial charge in [-0.3, -0.25) is 4.68 Å². The molecule has 1 aliphatic heterocycles. The molecule has 2 rings (SSSR count). The summed E-state index contributed by atoms with van der Waals surface area (Å²) in [6.07, 6.45) is 0.358. The Balaban J connectivity index is 1.81. The number of halogens is 1. The van der Waals surface area contributed by atoms with Gasteiger partial charge in [0.05, 0.1) is 41.8 Å². The molecule has 102 valence electrons. The number of morpholine rings is 1. The van der Waals surface area contributed by atoms with Crippen LogP contribution in [0, 0.1) is 6.92 Å². The summed E-state index contributed by atoms with van der Waals surface area (Å²) in [5, 5.41) is 8.25. The molecule has 18 heavy (non-hydrogen) atoms. The fraction of sp³-hybridized carbons (Fsp3) is 0.750. The lowest BCUT2D eigenvalue weighted by atomic mass is 10.2. The molecule has 0 bridgehead atoms. The van der Waals surface area contributed by atoms with Gasteiger partial charge in [-0.05, 0) is 13.8 Å². The Bertz CT molecular complexity index is 408. The Labute approximate surface area is 112 Å². The van der Waals surface area contributed by atoms with E-state index in [0.29, 0.717) is 18.2 Å². The lowest BCUT2D eigenvalue weighted by molar-refractivity contribution is -0.0722. The lowest BCUT2D eigenvalue weighted by Gasteiger charge is -2.28. The van der Waals surface area contributed by atoms with Crippen molar-refractivity contribution in [2.45, 2.75) is 32.7 Å². The first kappa shape index (κ1) is 13.8. The Morgan fingerprint density at radius 2 is 2.33 bits per heavy atom. The van der Waals surface area contributed by atoms with Crippen LogP contribution in [-0.4, -0.2) is 41.7 Å². The smallest absolute Gasteiger partial charge is 0.0936 e. The molecule has 0 aliphatic carbocycles. The number of nitrogens with one attached hydrogen (secondary N) is 1. The van der Waals surface area contributed by atoms with Crippen LogP contribution in [0.25, 0.3) is 0 Å². The second-order valence-corrected chi connectivity index (χ2v) is 5.09. The maximum atomic E-state index is 6.15. The minimum atomic E-state index is 0.113. The molecule has 1 fully saturated rings. The van der Waals surface area contributed by atoms with E-state index in [0.717, 1.165) is 24.5 Å². The highest BCUT2D eigenvalue weighted by Crippen LogP contribution is 2.20. The summed E-state index contributed by atoms with van der Waals surface area (Å²) in [4.78, 5) is 0. The van der Waals surface area contributed by atoms with Crippen molar-refractivity contribution in [3.05, 3.63) is 16.4 Å². The van der Waals surface area contributed by atoms with Gasteiger partial charge < -0.3 is 14.8 Å². The van der Waals surface area contributed by atoms with Crippen LogP contribution in [0.15, 0.2) is 0 Å². The number of nitrogens with zero attached hydrogens (tertiary/aromatic N) is 2. The molecule has 0 spiro atoms. The second-order valence-electron chi connectivity index (χ2n) is 4.71. The van der Waals surface area contributed by atoms with Crippen molar-refractivity contribution < 1.29 is 9.47 Å². The summed E-state index contributed by atoms with van der Waals surface area (Å²) in [7, 11) is 1.87. The van der Waals surface area contributed by atoms with Gasteiger partial charge in [0.1, 0.15) is 0 Å². The van der Waals surface area contributed by atoms with Gasteiger partial charge in [0.25, 0.3) is 0 Å². The summed E-state index contributed by atoms with van der Waals surface area (Å²) in [5.74, 6) is 0. The van der Waals surface area contributed by atoms with E-state index in [4.69, 9.17) is 21.1 Å². The van der Waals surface area contributed by atoms with E-state index in [1.54, 1.807) is 4.68 Å². The van der Waals surface area contributed by atoms with Crippen molar-refractivity contribution in [3.63, 3.8) is 0 Å². The van der Waals surface area contributed by atoms with Crippen LogP contribution in [0.1, 0.15) is 18.3 Å². The van der Waals surface area contributed by atoms with Crippen molar-refractivity contribution in [2.24, 2.45) is 7.05 Å². The summed E-state index contributed by atoms with van der Waals surface area (Å²) < 4.78 is 13.2. The molecule has 1 aromatic rings. The topological polar surface area (TPSA) is 48.3 Å². The Morgan fingerprint density at radius 3 is 2.94 bits per heavy atom. The van der Waals surface area contributed by atoms with Gasteiger partial charge in [-0.2, -0.15) is 5.10 Å². The highest BCUT2D eigenvalue weighted by atomic mass is 35.5. The summed E-state index contributed by atoms with van der Waals surface area (Å²) in [5.41, 5.74) is 1.74. The van der Waals surface area contributed by atoms with Crippen molar-refractivity contribution in [1.82, 2.24) is 15.1 Å². The molecule has 5 nitrogen and oxygen atoms in total. The average Bonchev–Trinajstić information content (AvgIpc) is 2.56. The molecule has 2 heterocycles. The maximum absolute atomic E-state index is 6.15. The quantitative estimate of drug-likeness (QED) is 0.898. The fourth-order valence-corrected chi connectivity index (χ4v) is 2.31. The largest absolute Gasteiger partial charge is 0.372 e. The van der Waals surface area contributed by atoms with Crippen LogP contribution in [0.3, 0.4) is 0 Å². The number of ether oxygens (including phenoxy) is 2. The molecule has 1 aliphatic rings. The number of hydrogen-bond donors (Lipinski definition) is 1. The third-order valence-electron chi connectivity index (χ3n) is 3.03. The predicted molar refractivity (Wildman–Crippen MR) is 69.8 cm³/mol. The third kappa shape index (κ3) is 3.23. The van der Waals surface area contributed by atoms with Crippen LogP contribution < -0.4 is 5.32 Å².